The minimum Gasteiger partial charge on any atom is -0.324 e. The molecule has 0 saturated heterocycles. The van der Waals surface area contributed by atoms with Crippen LogP contribution in [0.1, 0.15) is 86.8 Å². The molecule has 9 heteroatoms. The van der Waals surface area contributed by atoms with Crippen molar-refractivity contribution in [1.82, 2.24) is 0 Å². The smallest absolute Gasteiger partial charge is 0.324 e. The zero-order valence-electron chi connectivity index (χ0n) is 24.7. The zero-order valence-corrected chi connectivity index (χ0v) is 29.7. The Balaban J connectivity index is 1.13. The molecule has 0 atom stereocenters. The largest absolute Gasteiger partial charge is 0.325 e. The molecule has 230 valence electrons. The monoisotopic (exact) mass is 680 g/mol. The van der Waals surface area contributed by atoms with Gasteiger partial charge in [-0.25, -0.2) is 0 Å². The fourth-order valence-corrected chi connectivity index (χ4v) is 10.6. The van der Waals surface area contributed by atoms with E-state index in [1.54, 1.807) is 0 Å². The Hall–Kier alpha value is -0.700. The summed E-state index contributed by atoms with van der Waals surface area (Å²) in [6.45, 7) is 0. The maximum atomic E-state index is 10.9. The van der Waals surface area contributed by atoms with E-state index in [0.717, 1.165) is 12.8 Å². The molecule has 0 bridgehead atoms. The highest BCUT2D eigenvalue weighted by Crippen LogP contribution is 2.43. The predicted molar refractivity (Wildman–Crippen MR) is 192 cm³/mol. The van der Waals surface area contributed by atoms with Crippen molar-refractivity contribution in [2.24, 2.45) is 0 Å². The number of hydrogen-bond donors (Lipinski definition) is 2. The Bertz CT molecular complexity index is 1360. The highest BCUT2D eigenvalue weighted by molar-refractivity contribution is 7.98. The highest BCUT2D eigenvalue weighted by atomic mass is 32.2. The maximum Gasteiger partial charge on any atom is 0.325 e. The molecule has 0 fully saturated rings. The van der Waals surface area contributed by atoms with E-state index >= 15 is 0 Å². The van der Waals surface area contributed by atoms with Crippen LogP contribution in [0.3, 0.4) is 0 Å². The van der Waals surface area contributed by atoms with Gasteiger partial charge in [0, 0.05) is 45.2 Å². The minimum absolute atomic E-state index is 0.0406. The summed E-state index contributed by atoms with van der Waals surface area (Å²) in [4.78, 5) is 29.1. The lowest BCUT2D eigenvalue weighted by molar-refractivity contribution is 0.370. The van der Waals surface area contributed by atoms with Crippen molar-refractivity contribution in [3.05, 3.63) is 58.3 Å². The third-order valence-electron chi connectivity index (χ3n) is 7.41. The van der Waals surface area contributed by atoms with Gasteiger partial charge in [-0.3, -0.25) is 4.57 Å². The summed E-state index contributed by atoms with van der Waals surface area (Å²) in [5.41, 5.74) is 0. The molecular formula is C33H45O3PS5. The van der Waals surface area contributed by atoms with Crippen molar-refractivity contribution >= 4 is 64.7 Å². The number of aryl methyl sites for hydroxylation is 2. The Morgan fingerprint density at radius 3 is 1.31 bits per heavy atom. The van der Waals surface area contributed by atoms with Gasteiger partial charge in [0.25, 0.3) is 0 Å². The van der Waals surface area contributed by atoms with Crippen LogP contribution in [-0.2, 0) is 17.4 Å². The van der Waals surface area contributed by atoms with Crippen LogP contribution in [0.5, 0.6) is 0 Å². The van der Waals surface area contributed by atoms with Crippen molar-refractivity contribution in [3.63, 3.8) is 0 Å². The van der Waals surface area contributed by atoms with E-state index in [1.807, 2.05) is 57.1 Å². The van der Waals surface area contributed by atoms with Crippen LogP contribution in [0.15, 0.2) is 48.5 Å². The van der Waals surface area contributed by atoms with Crippen LogP contribution < -0.4 is 0 Å². The normalized spacial score (nSPS) is 12.0. The molecule has 0 aliphatic carbocycles. The first-order valence-corrected chi connectivity index (χ1v) is 21.8. The van der Waals surface area contributed by atoms with Crippen molar-refractivity contribution < 1.29 is 14.4 Å². The molecule has 0 spiro atoms. The number of hydrogen-bond acceptors (Lipinski definition) is 6. The topological polar surface area (TPSA) is 57.5 Å². The summed E-state index contributed by atoms with van der Waals surface area (Å²) in [5, 5.41) is 0. The Morgan fingerprint density at radius 2 is 0.881 bits per heavy atom. The lowest BCUT2D eigenvalue weighted by Gasteiger charge is -2.04. The van der Waals surface area contributed by atoms with Crippen LogP contribution in [-0.4, -0.2) is 28.0 Å². The first-order valence-electron chi connectivity index (χ1n) is 15.3. The standard InChI is InChI=1S/C33H45O3PS5/c1-38-25-13-11-15-27-17-19-29(40-27)31-21-23-33(42-31)32-22-20-30(41-32)28-18-16-26(39-28)14-10-8-6-4-2-3-5-7-9-12-24-37(34,35)36/h16-23H,2-15,24-25H2,1H3,(H2,34,35,36). The Kier molecular flexibility index (Phi) is 14.9. The summed E-state index contributed by atoms with van der Waals surface area (Å²) in [5.74, 6) is 1.26. The van der Waals surface area contributed by atoms with Gasteiger partial charge in [-0.1, -0.05) is 51.4 Å². The van der Waals surface area contributed by atoms with Crippen LogP contribution in [0, 0.1) is 0 Å². The molecule has 0 saturated carbocycles. The molecule has 0 aliphatic rings. The molecule has 0 unspecified atom stereocenters. The van der Waals surface area contributed by atoms with Gasteiger partial charge in [0.2, 0.25) is 0 Å². The fraction of sp³-hybridized carbons (Fsp3) is 0.515. The number of thioether (sulfide) groups is 1. The third kappa shape index (κ3) is 12.0. The molecule has 2 N–H and O–H groups in total. The lowest BCUT2D eigenvalue weighted by Crippen LogP contribution is -1.88. The van der Waals surface area contributed by atoms with E-state index in [-0.39, 0.29) is 6.16 Å². The Morgan fingerprint density at radius 1 is 0.524 bits per heavy atom. The second kappa shape index (κ2) is 18.3. The molecule has 4 aromatic rings. The fourth-order valence-electron chi connectivity index (χ4n) is 5.07. The van der Waals surface area contributed by atoms with Gasteiger partial charge >= 0.3 is 7.60 Å². The van der Waals surface area contributed by atoms with Crippen molar-refractivity contribution in [1.29, 1.82) is 0 Å². The Labute approximate surface area is 273 Å². The SMILES string of the molecule is CSCCCCc1ccc(-c2ccc(-c3ccc(-c4ccc(CCCCCCCCCCCCP(=O)(O)O)s4)s3)s2)s1. The first-order chi connectivity index (χ1) is 20.4. The maximum absolute atomic E-state index is 10.9. The van der Waals surface area contributed by atoms with E-state index in [9.17, 15) is 4.57 Å². The van der Waals surface area contributed by atoms with E-state index in [1.165, 1.54) is 115 Å². The summed E-state index contributed by atoms with van der Waals surface area (Å²) in [6.07, 6.45) is 18.7. The summed E-state index contributed by atoms with van der Waals surface area (Å²) >= 11 is 9.70. The molecule has 4 aromatic heterocycles. The number of thiophene rings is 4. The van der Waals surface area contributed by atoms with Crippen LogP contribution >= 0.6 is 64.7 Å². The highest BCUT2D eigenvalue weighted by Gasteiger charge is 2.13. The van der Waals surface area contributed by atoms with Crippen LogP contribution in [0.25, 0.3) is 29.3 Å². The summed E-state index contributed by atoms with van der Waals surface area (Å²) < 4.78 is 10.9. The number of unbranched alkanes of at least 4 members (excludes halogenated alkanes) is 10. The molecule has 0 radical (unpaired) electrons. The van der Waals surface area contributed by atoms with Crippen molar-refractivity contribution in [2.75, 3.05) is 18.2 Å². The van der Waals surface area contributed by atoms with Crippen molar-refractivity contribution in [2.45, 2.75) is 89.9 Å². The van der Waals surface area contributed by atoms with Gasteiger partial charge < -0.3 is 9.79 Å². The second-order valence-electron chi connectivity index (χ2n) is 11.0. The minimum atomic E-state index is -3.80. The predicted octanol–water partition coefficient (Wildman–Crippen LogP) is 12.2. The van der Waals surface area contributed by atoms with E-state index in [2.05, 4.69) is 54.8 Å². The van der Waals surface area contributed by atoms with Gasteiger partial charge in [0.05, 0.1) is 0 Å². The first kappa shape index (κ1) is 34.2. The molecular weight excluding hydrogens is 636 g/mol. The quantitative estimate of drug-likeness (QED) is 0.0679. The second-order valence-corrected chi connectivity index (χ2v) is 18.2. The van der Waals surface area contributed by atoms with Gasteiger partial charge in [-0.05, 0) is 99.1 Å². The lowest BCUT2D eigenvalue weighted by atomic mass is 10.1. The van der Waals surface area contributed by atoms with E-state index in [4.69, 9.17) is 9.79 Å². The molecule has 3 nitrogen and oxygen atoms in total. The molecule has 0 amide bonds. The molecule has 4 heterocycles. The molecule has 0 aliphatic heterocycles. The van der Waals surface area contributed by atoms with Crippen LogP contribution in [0.2, 0.25) is 0 Å². The van der Waals surface area contributed by atoms with Crippen molar-refractivity contribution in [3.8, 4) is 29.3 Å². The summed E-state index contributed by atoms with van der Waals surface area (Å²) in [6, 6.07) is 18.4. The van der Waals surface area contributed by atoms with E-state index < -0.39 is 7.60 Å². The van der Waals surface area contributed by atoms with E-state index in [0.29, 0.717) is 6.42 Å². The molecule has 4 rings (SSSR count). The van der Waals surface area contributed by atoms with Gasteiger partial charge in [0.15, 0.2) is 0 Å². The average Bonchev–Trinajstić information content (AvgIpc) is 3.77. The van der Waals surface area contributed by atoms with Gasteiger partial charge in [0.1, 0.15) is 0 Å². The van der Waals surface area contributed by atoms with Crippen LogP contribution in [0.4, 0.5) is 0 Å². The molecule has 0 aromatic carbocycles. The van der Waals surface area contributed by atoms with Gasteiger partial charge in [-0.15, -0.1) is 45.3 Å². The van der Waals surface area contributed by atoms with Gasteiger partial charge in [-0.2, -0.15) is 11.8 Å². The number of rotatable bonds is 21. The summed E-state index contributed by atoms with van der Waals surface area (Å²) in [7, 11) is -3.80. The molecule has 42 heavy (non-hydrogen) atoms. The third-order valence-corrected chi connectivity index (χ3v) is 14.1. The average molecular weight is 681 g/mol. The zero-order chi connectivity index (χ0) is 29.6.